The van der Waals surface area contributed by atoms with Gasteiger partial charge in [0.25, 0.3) is 0 Å². The molecule has 0 amide bonds. The SMILES string of the molecule is C=Cc1ccc(C2(/C(C)=N/N=C\C)CC(C)C2)cc1C. The second-order valence-electron chi connectivity index (χ2n) is 5.93. The molecule has 0 bridgehead atoms. The summed E-state index contributed by atoms with van der Waals surface area (Å²) >= 11 is 0. The average molecular weight is 268 g/mol. The van der Waals surface area contributed by atoms with E-state index in [0.717, 1.165) is 24.5 Å². The first-order chi connectivity index (χ1) is 9.53. The van der Waals surface area contributed by atoms with E-state index in [-0.39, 0.29) is 5.41 Å². The van der Waals surface area contributed by atoms with Crippen LogP contribution in [0.25, 0.3) is 6.08 Å². The van der Waals surface area contributed by atoms with Crippen molar-refractivity contribution in [1.82, 2.24) is 0 Å². The van der Waals surface area contributed by atoms with Gasteiger partial charge in [0.1, 0.15) is 0 Å². The molecule has 2 nitrogen and oxygen atoms in total. The van der Waals surface area contributed by atoms with Crippen molar-refractivity contribution in [3.05, 3.63) is 41.5 Å². The van der Waals surface area contributed by atoms with Crippen LogP contribution in [-0.4, -0.2) is 11.9 Å². The number of hydrogen-bond acceptors (Lipinski definition) is 2. The van der Waals surface area contributed by atoms with Crippen molar-refractivity contribution in [2.75, 3.05) is 0 Å². The van der Waals surface area contributed by atoms with Crippen LogP contribution >= 0.6 is 0 Å². The third-order valence-corrected chi connectivity index (χ3v) is 4.45. The number of hydrogen-bond donors (Lipinski definition) is 0. The molecule has 0 saturated heterocycles. The Bertz CT molecular complexity index is 561. The van der Waals surface area contributed by atoms with Crippen LogP contribution in [0.1, 0.15) is 50.3 Å². The van der Waals surface area contributed by atoms with Crippen molar-refractivity contribution >= 4 is 18.0 Å². The summed E-state index contributed by atoms with van der Waals surface area (Å²) < 4.78 is 0. The molecule has 2 heteroatoms. The molecule has 0 aromatic heterocycles. The van der Waals surface area contributed by atoms with E-state index in [4.69, 9.17) is 0 Å². The first kappa shape index (κ1) is 14.7. The monoisotopic (exact) mass is 268 g/mol. The Hall–Kier alpha value is -1.70. The van der Waals surface area contributed by atoms with Gasteiger partial charge in [-0.1, -0.05) is 37.8 Å². The Morgan fingerprint density at radius 1 is 1.40 bits per heavy atom. The molecule has 0 N–H and O–H groups in total. The lowest BCUT2D eigenvalue weighted by Crippen LogP contribution is -2.46. The van der Waals surface area contributed by atoms with Crippen LogP contribution in [-0.2, 0) is 5.41 Å². The molecule has 106 valence electrons. The van der Waals surface area contributed by atoms with Crippen LogP contribution in [0.4, 0.5) is 0 Å². The second kappa shape index (κ2) is 5.74. The predicted octanol–water partition coefficient (Wildman–Crippen LogP) is 4.77. The summed E-state index contributed by atoms with van der Waals surface area (Å²) in [4.78, 5) is 0. The van der Waals surface area contributed by atoms with Crippen molar-refractivity contribution in [3.63, 3.8) is 0 Å². The molecule has 0 unspecified atom stereocenters. The largest absolute Gasteiger partial charge is 0.164 e. The Balaban J connectivity index is 2.44. The summed E-state index contributed by atoms with van der Waals surface area (Å²) in [6.45, 7) is 12.3. The summed E-state index contributed by atoms with van der Waals surface area (Å²) in [5.41, 5.74) is 5.06. The molecule has 1 aromatic carbocycles. The van der Waals surface area contributed by atoms with Crippen molar-refractivity contribution in [3.8, 4) is 0 Å². The normalized spacial score (nSPS) is 26.6. The van der Waals surface area contributed by atoms with E-state index >= 15 is 0 Å². The predicted molar refractivity (Wildman–Crippen MR) is 88.6 cm³/mol. The van der Waals surface area contributed by atoms with E-state index in [0.29, 0.717) is 0 Å². The molecular weight excluding hydrogens is 244 g/mol. The van der Waals surface area contributed by atoms with Crippen LogP contribution in [0.5, 0.6) is 0 Å². The number of nitrogens with zero attached hydrogens (tertiary/aromatic N) is 2. The zero-order valence-electron chi connectivity index (χ0n) is 13.0. The molecule has 20 heavy (non-hydrogen) atoms. The van der Waals surface area contributed by atoms with Gasteiger partial charge >= 0.3 is 0 Å². The van der Waals surface area contributed by atoms with Gasteiger partial charge in [-0.05, 0) is 56.2 Å². The molecule has 1 aliphatic carbocycles. The third kappa shape index (κ3) is 2.47. The van der Waals surface area contributed by atoms with Gasteiger partial charge in [0.15, 0.2) is 0 Å². The quantitative estimate of drug-likeness (QED) is 0.555. The van der Waals surface area contributed by atoms with Gasteiger partial charge in [-0.15, -0.1) is 0 Å². The highest BCUT2D eigenvalue weighted by atomic mass is 15.2. The van der Waals surface area contributed by atoms with E-state index in [1.165, 1.54) is 16.7 Å². The van der Waals surface area contributed by atoms with E-state index in [2.05, 4.69) is 55.8 Å². The molecule has 0 atom stereocenters. The van der Waals surface area contributed by atoms with Crippen molar-refractivity contribution in [2.45, 2.75) is 46.0 Å². The minimum atomic E-state index is 0.0797. The minimum Gasteiger partial charge on any atom is -0.164 e. The highest BCUT2D eigenvalue weighted by molar-refractivity contribution is 5.94. The summed E-state index contributed by atoms with van der Waals surface area (Å²) in [6.07, 6.45) is 5.98. The molecule has 0 heterocycles. The van der Waals surface area contributed by atoms with Crippen molar-refractivity contribution in [1.29, 1.82) is 0 Å². The molecule has 1 saturated carbocycles. The van der Waals surface area contributed by atoms with E-state index < -0.39 is 0 Å². The standard InChI is InChI=1S/C18H24N2/c1-6-16-8-9-17(10-14(16)4)18(11-13(3)12-18)15(5)20-19-7-2/h6-10,13H,1,11-12H2,2-5H3/b19-7-,20-15+. The molecule has 0 radical (unpaired) electrons. The number of rotatable bonds is 4. The summed E-state index contributed by atoms with van der Waals surface area (Å²) in [6, 6.07) is 6.68. The average Bonchev–Trinajstić information content (AvgIpc) is 2.40. The molecule has 1 aliphatic rings. The van der Waals surface area contributed by atoms with Gasteiger partial charge in [0.2, 0.25) is 0 Å². The van der Waals surface area contributed by atoms with E-state index in [9.17, 15) is 0 Å². The molecular formula is C18H24N2. The van der Waals surface area contributed by atoms with Gasteiger partial charge in [-0.2, -0.15) is 10.2 Å². The fraction of sp³-hybridized carbons (Fsp3) is 0.444. The van der Waals surface area contributed by atoms with Crippen LogP contribution < -0.4 is 0 Å². The van der Waals surface area contributed by atoms with Gasteiger partial charge in [-0.3, -0.25) is 0 Å². The minimum absolute atomic E-state index is 0.0797. The Morgan fingerprint density at radius 2 is 2.10 bits per heavy atom. The maximum atomic E-state index is 4.39. The van der Waals surface area contributed by atoms with Gasteiger partial charge in [0.05, 0.1) is 0 Å². The Labute approximate surface area is 122 Å². The molecule has 2 rings (SSSR count). The maximum Gasteiger partial charge on any atom is 0.0480 e. The fourth-order valence-electron chi connectivity index (χ4n) is 3.31. The fourth-order valence-corrected chi connectivity index (χ4v) is 3.31. The first-order valence-corrected chi connectivity index (χ1v) is 7.30. The number of benzene rings is 1. The van der Waals surface area contributed by atoms with Crippen LogP contribution in [0.15, 0.2) is 35.0 Å². The second-order valence-corrected chi connectivity index (χ2v) is 5.93. The summed E-state index contributed by atoms with van der Waals surface area (Å²) in [5, 5.41) is 8.46. The van der Waals surface area contributed by atoms with E-state index in [1.807, 2.05) is 13.0 Å². The topological polar surface area (TPSA) is 24.7 Å². The van der Waals surface area contributed by atoms with Crippen molar-refractivity contribution in [2.24, 2.45) is 16.1 Å². The maximum absolute atomic E-state index is 4.39. The third-order valence-electron chi connectivity index (χ3n) is 4.45. The zero-order valence-corrected chi connectivity index (χ0v) is 13.0. The van der Waals surface area contributed by atoms with Crippen molar-refractivity contribution < 1.29 is 0 Å². The lowest BCUT2D eigenvalue weighted by atomic mass is 9.57. The highest BCUT2D eigenvalue weighted by Crippen LogP contribution is 2.49. The van der Waals surface area contributed by atoms with E-state index in [1.54, 1.807) is 6.21 Å². The lowest BCUT2D eigenvalue weighted by molar-refractivity contribution is 0.228. The lowest BCUT2D eigenvalue weighted by Gasteiger charge is -2.47. The first-order valence-electron chi connectivity index (χ1n) is 7.30. The van der Waals surface area contributed by atoms with Crippen LogP contribution in [0.3, 0.4) is 0 Å². The zero-order chi connectivity index (χ0) is 14.8. The van der Waals surface area contributed by atoms with Gasteiger partial charge < -0.3 is 0 Å². The number of aryl methyl sites for hydroxylation is 1. The molecule has 0 aliphatic heterocycles. The van der Waals surface area contributed by atoms with Gasteiger partial charge in [-0.25, -0.2) is 0 Å². The molecule has 1 aromatic rings. The Morgan fingerprint density at radius 3 is 2.60 bits per heavy atom. The summed E-state index contributed by atoms with van der Waals surface area (Å²) in [7, 11) is 0. The van der Waals surface area contributed by atoms with Gasteiger partial charge in [0, 0.05) is 17.3 Å². The highest BCUT2D eigenvalue weighted by Gasteiger charge is 2.46. The molecule has 1 fully saturated rings. The summed E-state index contributed by atoms with van der Waals surface area (Å²) in [5.74, 6) is 0.755. The van der Waals surface area contributed by atoms with Crippen LogP contribution in [0, 0.1) is 12.8 Å². The smallest absolute Gasteiger partial charge is 0.0480 e. The molecule has 0 spiro atoms. The Kier molecular flexibility index (Phi) is 4.22. The van der Waals surface area contributed by atoms with Crippen LogP contribution in [0.2, 0.25) is 0 Å².